The van der Waals surface area contributed by atoms with Gasteiger partial charge < -0.3 is 10.6 Å². The Morgan fingerprint density at radius 3 is 2.47 bits per heavy atom. The van der Waals surface area contributed by atoms with Crippen molar-refractivity contribution < 1.29 is 4.79 Å². The predicted molar refractivity (Wildman–Crippen MR) is 77.9 cm³/mol. The normalized spacial score (nSPS) is 23.8. The molecule has 0 spiro atoms. The first-order valence-electron chi connectivity index (χ1n) is 7.16. The quantitative estimate of drug-likeness (QED) is 0.908. The molecule has 0 radical (unpaired) electrons. The minimum Gasteiger partial charge on any atom is -0.334 e. The van der Waals surface area contributed by atoms with Crippen molar-refractivity contribution in [2.24, 2.45) is 5.73 Å². The third kappa shape index (κ3) is 2.98. The number of benzene rings is 1. The summed E-state index contributed by atoms with van der Waals surface area (Å²) < 4.78 is 0. The lowest BCUT2D eigenvalue weighted by Crippen LogP contribution is -2.49. The Hall–Kier alpha value is -1.35. The molecule has 0 aromatic heterocycles. The minimum absolute atomic E-state index is 0.0415. The highest BCUT2D eigenvalue weighted by atomic mass is 16.2. The summed E-state index contributed by atoms with van der Waals surface area (Å²) >= 11 is 0. The highest BCUT2D eigenvalue weighted by Crippen LogP contribution is 2.32. The highest BCUT2D eigenvalue weighted by Gasteiger charge is 2.34. The first-order chi connectivity index (χ1) is 9.02. The van der Waals surface area contributed by atoms with Crippen LogP contribution < -0.4 is 5.73 Å². The maximum atomic E-state index is 12.2. The zero-order valence-corrected chi connectivity index (χ0v) is 12.1. The van der Waals surface area contributed by atoms with Gasteiger partial charge in [-0.05, 0) is 32.3 Å². The number of nitrogens with zero attached hydrogens (tertiary/aromatic N) is 1. The van der Waals surface area contributed by atoms with Gasteiger partial charge in [-0.25, -0.2) is 0 Å². The van der Waals surface area contributed by atoms with Gasteiger partial charge in [0.1, 0.15) is 0 Å². The Bertz CT molecular complexity index is 450. The number of nitrogens with two attached hydrogens (primary N) is 1. The van der Waals surface area contributed by atoms with E-state index < -0.39 is 0 Å². The molecule has 0 aliphatic carbocycles. The average molecular weight is 260 g/mol. The first kappa shape index (κ1) is 14.1. The van der Waals surface area contributed by atoms with Crippen molar-refractivity contribution >= 4 is 5.91 Å². The van der Waals surface area contributed by atoms with Crippen LogP contribution >= 0.6 is 0 Å². The van der Waals surface area contributed by atoms with E-state index >= 15 is 0 Å². The summed E-state index contributed by atoms with van der Waals surface area (Å²) in [5.74, 6) is 0.243. The molecule has 1 aromatic rings. The molecule has 2 unspecified atom stereocenters. The third-order valence-corrected chi connectivity index (χ3v) is 3.80. The van der Waals surface area contributed by atoms with Crippen molar-refractivity contribution in [1.29, 1.82) is 0 Å². The van der Waals surface area contributed by atoms with Crippen molar-refractivity contribution in [3.63, 3.8) is 0 Å². The van der Waals surface area contributed by atoms with Crippen LogP contribution in [0.15, 0.2) is 18.2 Å². The van der Waals surface area contributed by atoms with Crippen molar-refractivity contribution in [2.45, 2.75) is 52.1 Å². The third-order valence-electron chi connectivity index (χ3n) is 3.80. The van der Waals surface area contributed by atoms with E-state index in [2.05, 4.69) is 39.0 Å². The molecule has 0 bridgehead atoms. The van der Waals surface area contributed by atoms with Crippen LogP contribution in [-0.2, 0) is 4.79 Å². The van der Waals surface area contributed by atoms with E-state index in [1.54, 1.807) is 0 Å². The number of carbonyl (C=O) groups is 1. The van der Waals surface area contributed by atoms with Gasteiger partial charge in [0.15, 0.2) is 0 Å². The van der Waals surface area contributed by atoms with Gasteiger partial charge in [0.05, 0.1) is 6.04 Å². The number of amides is 1. The predicted octanol–water partition coefficient (Wildman–Crippen LogP) is 2.70. The molecular formula is C16H24N2O. The van der Waals surface area contributed by atoms with E-state index in [9.17, 15) is 4.79 Å². The molecule has 1 saturated heterocycles. The van der Waals surface area contributed by atoms with Crippen LogP contribution in [0.1, 0.15) is 48.9 Å². The van der Waals surface area contributed by atoms with Gasteiger partial charge in [-0.15, -0.1) is 0 Å². The zero-order chi connectivity index (χ0) is 14.0. The summed E-state index contributed by atoms with van der Waals surface area (Å²) in [6.07, 6.45) is 2.35. The fraction of sp³-hybridized carbons (Fsp3) is 0.562. The molecule has 104 valence electrons. The zero-order valence-electron chi connectivity index (χ0n) is 12.1. The van der Waals surface area contributed by atoms with Crippen LogP contribution in [0.5, 0.6) is 0 Å². The number of carbonyl (C=O) groups excluding carboxylic acids is 1. The Balaban J connectivity index is 2.38. The summed E-state index contributed by atoms with van der Waals surface area (Å²) in [7, 11) is 0. The molecule has 2 atom stereocenters. The van der Waals surface area contributed by atoms with Crippen molar-refractivity contribution in [2.75, 3.05) is 6.54 Å². The fourth-order valence-electron chi connectivity index (χ4n) is 3.09. The molecule has 0 saturated carbocycles. The summed E-state index contributed by atoms with van der Waals surface area (Å²) in [5.41, 5.74) is 9.95. The van der Waals surface area contributed by atoms with E-state index in [-0.39, 0.29) is 18.0 Å². The van der Waals surface area contributed by atoms with Crippen LogP contribution in [0.3, 0.4) is 0 Å². The fourth-order valence-corrected chi connectivity index (χ4v) is 3.09. The topological polar surface area (TPSA) is 46.3 Å². The molecule has 2 N–H and O–H groups in total. The summed E-state index contributed by atoms with van der Waals surface area (Å²) in [5, 5.41) is 0. The number of piperidine rings is 1. The van der Waals surface area contributed by atoms with Crippen molar-refractivity contribution in [3.8, 4) is 0 Å². The number of likely N-dealkylation sites (tertiary alicyclic amines) is 1. The molecular weight excluding hydrogens is 236 g/mol. The summed E-state index contributed by atoms with van der Waals surface area (Å²) in [6.45, 7) is 7.09. The van der Waals surface area contributed by atoms with Crippen molar-refractivity contribution in [1.82, 2.24) is 4.90 Å². The lowest BCUT2D eigenvalue weighted by Gasteiger charge is -2.40. The minimum atomic E-state index is 0.0415. The number of hydrogen-bond donors (Lipinski definition) is 1. The van der Waals surface area contributed by atoms with Crippen LogP contribution in [0.2, 0.25) is 0 Å². The first-order valence-corrected chi connectivity index (χ1v) is 7.16. The second-order valence-electron chi connectivity index (χ2n) is 5.66. The van der Waals surface area contributed by atoms with Crippen LogP contribution in [0, 0.1) is 13.8 Å². The maximum Gasteiger partial charge on any atom is 0.223 e. The van der Waals surface area contributed by atoms with Crippen molar-refractivity contribution in [3.05, 3.63) is 34.9 Å². The summed E-state index contributed by atoms with van der Waals surface area (Å²) in [6, 6.07) is 6.58. The Labute approximate surface area is 115 Å². The molecule has 1 aliphatic rings. The molecule has 1 fully saturated rings. The lowest BCUT2D eigenvalue weighted by atomic mass is 9.89. The highest BCUT2D eigenvalue weighted by molar-refractivity contribution is 5.78. The van der Waals surface area contributed by atoms with E-state index in [4.69, 9.17) is 5.73 Å². The van der Waals surface area contributed by atoms with Gasteiger partial charge >= 0.3 is 0 Å². The second kappa shape index (κ2) is 5.74. The Morgan fingerprint density at radius 2 is 1.89 bits per heavy atom. The van der Waals surface area contributed by atoms with E-state index in [0.717, 1.165) is 19.4 Å². The maximum absolute atomic E-state index is 12.2. The average Bonchev–Trinajstić information content (AvgIpc) is 2.33. The largest absolute Gasteiger partial charge is 0.334 e. The van der Waals surface area contributed by atoms with Gasteiger partial charge in [0.25, 0.3) is 0 Å². The molecule has 3 nitrogen and oxygen atoms in total. The smallest absolute Gasteiger partial charge is 0.223 e. The molecule has 1 aliphatic heterocycles. The van der Waals surface area contributed by atoms with Gasteiger partial charge in [-0.1, -0.05) is 36.2 Å². The summed E-state index contributed by atoms with van der Waals surface area (Å²) in [4.78, 5) is 14.1. The monoisotopic (exact) mass is 260 g/mol. The van der Waals surface area contributed by atoms with E-state index in [1.807, 2.05) is 4.90 Å². The van der Waals surface area contributed by atoms with Crippen LogP contribution in [0.4, 0.5) is 0 Å². The molecule has 1 heterocycles. The second-order valence-corrected chi connectivity index (χ2v) is 5.66. The van der Waals surface area contributed by atoms with Gasteiger partial charge in [-0.2, -0.15) is 0 Å². The van der Waals surface area contributed by atoms with E-state index in [0.29, 0.717) is 6.42 Å². The van der Waals surface area contributed by atoms with Gasteiger partial charge in [0.2, 0.25) is 5.91 Å². The van der Waals surface area contributed by atoms with E-state index in [1.165, 1.54) is 16.7 Å². The van der Waals surface area contributed by atoms with Crippen LogP contribution in [0.25, 0.3) is 0 Å². The Morgan fingerprint density at radius 1 is 1.26 bits per heavy atom. The van der Waals surface area contributed by atoms with Crippen LogP contribution in [-0.4, -0.2) is 23.4 Å². The molecule has 19 heavy (non-hydrogen) atoms. The number of hydrogen-bond acceptors (Lipinski definition) is 2. The standard InChI is InChI=1S/C16H24N2O/c1-4-7-18-15(19)6-5-14(17)16(18)13-9-11(2)8-12(3)10-13/h8-10,14,16H,4-7,17H2,1-3H3. The lowest BCUT2D eigenvalue weighted by molar-refractivity contribution is -0.137. The number of aryl methyl sites for hydroxylation is 2. The Kier molecular flexibility index (Phi) is 4.25. The SMILES string of the molecule is CCCN1C(=O)CCC(N)C1c1cc(C)cc(C)c1. The molecule has 2 rings (SSSR count). The number of rotatable bonds is 3. The molecule has 1 aromatic carbocycles. The van der Waals surface area contributed by atoms with Gasteiger partial charge in [-0.3, -0.25) is 4.79 Å². The molecule has 1 amide bonds. The molecule has 3 heteroatoms. The van der Waals surface area contributed by atoms with Gasteiger partial charge in [0, 0.05) is 19.0 Å².